The van der Waals surface area contributed by atoms with E-state index in [2.05, 4.69) is 10.2 Å². The van der Waals surface area contributed by atoms with Crippen LogP contribution in [0.5, 0.6) is 0 Å². The van der Waals surface area contributed by atoms with E-state index >= 15 is 0 Å². The van der Waals surface area contributed by atoms with E-state index in [1.165, 1.54) is 0 Å². The molecule has 6 heteroatoms. The number of benzene rings is 2. The third kappa shape index (κ3) is 2.36. The molecule has 1 N–H and O–H groups in total. The van der Waals surface area contributed by atoms with Crippen molar-refractivity contribution in [3.8, 4) is 11.1 Å². The van der Waals surface area contributed by atoms with Gasteiger partial charge in [0.25, 0.3) is 0 Å². The van der Waals surface area contributed by atoms with Crippen LogP contribution in [-0.4, -0.2) is 25.7 Å². The first-order valence-corrected chi connectivity index (χ1v) is 8.00. The lowest BCUT2D eigenvalue weighted by molar-refractivity contribution is 0.437. The van der Waals surface area contributed by atoms with Crippen LogP contribution in [0.15, 0.2) is 24.3 Å². The van der Waals surface area contributed by atoms with Gasteiger partial charge in [-0.05, 0) is 36.6 Å². The second-order valence-electron chi connectivity index (χ2n) is 6.28. The molecule has 0 spiro atoms. The minimum Gasteiger partial charge on any atom is -0.367 e. The van der Waals surface area contributed by atoms with E-state index < -0.39 is 28.8 Å². The van der Waals surface area contributed by atoms with Gasteiger partial charge in [-0.2, -0.15) is 0 Å². The molecule has 0 amide bonds. The van der Waals surface area contributed by atoms with Gasteiger partial charge in [-0.15, -0.1) is 0 Å². The van der Waals surface area contributed by atoms with Gasteiger partial charge < -0.3 is 10.2 Å². The van der Waals surface area contributed by atoms with Gasteiger partial charge in [-0.25, -0.2) is 17.6 Å². The number of anilines is 1. The van der Waals surface area contributed by atoms with Crippen LogP contribution < -0.4 is 10.2 Å². The Labute approximate surface area is 137 Å². The van der Waals surface area contributed by atoms with Gasteiger partial charge in [0.15, 0.2) is 17.5 Å². The van der Waals surface area contributed by atoms with Crippen molar-refractivity contribution in [3.05, 3.63) is 53.1 Å². The van der Waals surface area contributed by atoms with Crippen LogP contribution in [0.1, 0.15) is 12.0 Å². The summed E-state index contributed by atoms with van der Waals surface area (Å²) in [6.07, 6.45) is 1.89. The van der Waals surface area contributed by atoms with Crippen LogP contribution >= 0.6 is 0 Å². The van der Waals surface area contributed by atoms with Crippen molar-refractivity contribution < 1.29 is 17.6 Å². The van der Waals surface area contributed by atoms with Gasteiger partial charge >= 0.3 is 0 Å². The highest BCUT2D eigenvalue weighted by Crippen LogP contribution is 2.38. The van der Waals surface area contributed by atoms with Crippen LogP contribution in [0, 0.1) is 23.3 Å². The summed E-state index contributed by atoms with van der Waals surface area (Å²) in [6, 6.07) is 5.83. The lowest BCUT2D eigenvalue weighted by Gasteiger charge is -2.25. The quantitative estimate of drug-likeness (QED) is 0.486. The Balaban J connectivity index is 1.81. The zero-order chi connectivity index (χ0) is 16.8. The highest BCUT2D eigenvalue weighted by molar-refractivity contribution is 5.73. The molecule has 0 bridgehead atoms. The Bertz CT molecular complexity index is 806. The fraction of sp³-hybridized carbons (Fsp3) is 0.333. The SMILES string of the molecule is Fc1cc(F)c(-c2ccc3c(c2)N2CCNCCC2C3)c(F)c1F. The Hall–Kier alpha value is -2.08. The van der Waals surface area contributed by atoms with E-state index in [-0.39, 0.29) is 5.56 Å². The summed E-state index contributed by atoms with van der Waals surface area (Å²) in [5.74, 6) is -5.75. The molecule has 2 nitrogen and oxygen atoms in total. The molecule has 0 radical (unpaired) electrons. The summed E-state index contributed by atoms with van der Waals surface area (Å²) in [6.45, 7) is 2.59. The third-order valence-corrected chi connectivity index (χ3v) is 4.88. The zero-order valence-corrected chi connectivity index (χ0v) is 12.9. The Morgan fingerprint density at radius 1 is 0.958 bits per heavy atom. The molecule has 24 heavy (non-hydrogen) atoms. The number of hydrogen-bond acceptors (Lipinski definition) is 2. The molecule has 126 valence electrons. The highest BCUT2D eigenvalue weighted by Gasteiger charge is 2.31. The second-order valence-corrected chi connectivity index (χ2v) is 6.28. The lowest BCUT2D eigenvalue weighted by Crippen LogP contribution is -2.32. The summed E-state index contributed by atoms with van der Waals surface area (Å²) in [7, 11) is 0. The van der Waals surface area contributed by atoms with Crippen molar-refractivity contribution in [2.24, 2.45) is 0 Å². The summed E-state index contributed by atoms with van der Waals surface area (Å²) >= 11 is 0. The molecule has 2 aliphatic rings. The van der Waals surface area contributed by atoms with Crippen molar-refractivity contribution in [2.75, 3.05) is 24.5 Å². The average Bonchev–Trinajstić information content (AvgIpc) is 2.74. The Morgan fingerprint density at radius 2 is 1.79 bits per heavy atom. The molecule has 2 aromatic rings. The minimum atomic E-state index is -1.65. The number of halogens is 4. The maximum atomic E-state index is 14.1. The lowest BCUT2D eigenvalue weighted by atomic mass is 10.0. The molecule has 4 rings (SSSR count). The fourth-order valence-corrected chi connectivity index (χ4v) is 3.71. The van der Waals surface area contributed by atoms with E-state index in [1.807, 2.05) is 6.07 Å². The summed E-state index contributed by atoms with van der Waals surface area (Å²) in [5.41, 5.74) is 1.74. The minimum absolute atomic E-state index is 0.223. The van der Waals surface area contributed by atoms with Gasteiger partial charge in [0.1, 0.15) is 5.82 Å². The molecule has 2 aromatic carbocycles. The van der Waals surface area contributed by atoms with Crippen LogP contribution in [0.4, 0.5) is 23.2 Å². The molecule has 1 fully saturated rings. The standard InChI is InChI=1S/C18H16F4N2/c19-13-9-14(20)17(21)18(22)16(13)11-2-1-10-7-12-3-4-23-5-6-24(12)15(10)8-11/h1-2,8-9,12,23H,3-7H2. The predicted molar refractivity (Wildman–Crippen MR) is 84.0 cm³/mol. The first-order valence-electron chi connectivity index (χ1n) is 8.00. The third-order valence-electron chi connectivity index (χ3n) is 4.88. The maximum absolute atomic E-state index is 14.1. The molecular weight excluding hydrogens is 320 g/mol. The maximum Gasteiger partial charge on any atom is 0.195 e. The smallest absolute Gasteiger partial charge is 0.195 e. The van der Waals surface area contributed by atoms with E-state index in [1.54, 1.807) is 12.1 Å². The molecule has 0 saturated carbocycles. The van der Waals surface area contributed by atoms with E-state index in [9.17, 15) is 17.6 Å². The van der Waals surface area contributed by atoms with Crippen LogP contribution in [-0.2, 0) is 6.42 Å². The molecular formula is C18H16F4N2. The van der Waals surface area contributed by atoms with Crippen molar-refractivity contribution in [3.63, 3.8) is 0 Å². The van der Waals surface area contributed by atoms with E-state index in [4.69, 9.17) is 0 Å². The van der Waals surface area contributed by atoms with Crippen molar-refractivity contribution in [1.29, 1.82) is 0 Å². The predicted octanol–water partition coefficient (Wildman–Crippen LogP) is 3.63. The first-order chi connectivity index (χ1) is 11.6. The normalized spacial score (nSPS) is 19.8. The summed E-state index contributed by atoms with van der Waals surface area (Å²) < 4.78 is 54.8. The monoisotopic (exact) mass is 336 g/mol. The molecule has 2 aliphatic heterocycles. The van der Waals surface area contributed by atoms with Crippen molar-refractivity contribution >= 4 is 5.69 Å². The first kappa shape index (κ1) is 15.4. The molecule has 1 atom stereocenters. The average molecular weight is 336 g/mol. The number of fused-ring (bicyclic) bond motifs is 3. The Kier molecular flexibility index (Phi) is 3.72. The topological polar surface area (TPSA) is 15.3 Å². The van der Waals surface area contributed by atoms with Crippen molar-refractivity contribution in [2.45, 2.75) is 18.9 Å². The van der Waals surface area contributed by atoms with Crippen LogP contribution in [0.3, 0.4) is 0 Å². The summed E-state index contributed by atoms with van der Waals surface area (Å²) in [4.78, 5) is 2.23. The molecule has 2 heterocycles. The van der Waals surface area contributed by atoms with Crippen LogP contribution in [0.25, 0.3) is 11.1 Å². The molecule has 0 aliphatic carbocycles. The number of rotatable bonds is 1. The highest BCUT2D eigenvalue weighted by atomic mass is 19.2. The van der Waals surface area contributed by atoms with Crippen LogP contribution in [0.2, 0.25) is 0 Å². The zero-order valence-electron chi connectivity index (χ0n) is 12.9. The van der Waals surface area contributed by atoms with Gasteiger partial charge in [0, 0.05) is 30.9 Å². The van der Waals surface area contributed by atoms with Gasteiger partial charge in [0.05, 0.1) is 5.56 Å². The number of nitrogens with one attached hydrogen (secondary N) is 1. The van der Waals surface area contributed by atoms with Gasteiger partial charge in [0.2, 0.25) is 0 Å². The molecule has 0 aromatic heterocycles. The van der Waals surface area contributed by atoms with E-state index in [0.717, 1.165) is 43.7 Å². The largest absolute Gasteiger partial charge is 0.367 e. The summed E-state index contributed by atoms with van der Waals surface area (Å²) in [5, 5.41) is 3.33. The molecule has 1 saturated heterocycles. The fourth-order valence-electron chi connectivity index (χ4n) is 3.71. The van der Waals surface area contributed by atoms with E-state index in [0.29, 0.717) is 12.1 Å². The number of hydrogen-bond donors (Lipinski definition) is 1. The van der Waals surface area contributed by atoms with Gasteiger partial charge in [-0.1, -0.05) is 12.1 Å². The van der Waals surface area contributed by atoms with Crippen molar-refractivity contribution in [1.82, 2.24) is 5.32 Å². The second kappa shape index (κ2) is 5.77. The molecule has 1 unspecified atom stereocenters. The Morgan fingerprint density at radius 3 is 2.62 bits per heavy atom. The van der Waals surface area contributed by atoms with Gasteiger partial charge in [-0.3, -0.25) is 0 Å². The number of nitrogens with zero attached hydrogens (tertiary/aromatic N) is 1.